The fraction of sp³-hybridized carbons (Fsp3) is 0.600. The van der Waals surface area contributed by atoms with Gasteiger partial charge in [-0.1, -0.05) is 44.7 Å². The van der Waals surface area contributed by atoms with Gasteiger partial charge >= 0.3 is 0 Å². The number of aliphatic hydroxyl groups is 1. The number of benzene rings is 1. The first-order chi connectivity index (χ1) is 8.81. The minimum absolute atomic E-state index is 0.109. The summed E-state index contributed by atoms with van der Waals surface area (Å²) in [6.45, 7) is 2.36. The van der Waals surface area contributed by atoms with Crippen molar-refractivity contribution in [3.63, 3.8) is 0 Å². The fourth-order valence-corrected chi connectivity index (χ4v) is 2.01. The van der Waals surface area contributed by atoms with E-state index in [0.29, 0.717) is 0 Å². The molecule has 1 unspecified atom stereocenters. The molecule has 0 aliphatic carbocycles. The highest BCUT2D eigenvalue weighted by atomic mass is 16.5. The molecule has 3 heteroatoms. The first-order valence-corrected chi connectivity index (χ1v) is 6.82. The lowest BCUT2D eigenvalue weighted by Gasteiger charge is -2.19. The minimum Gasteiger partial charge on any atom is -0.495 e. The first kappa shape index (κ1) is 14.8. The maximum atomic E-state index is 9.40. The Bertz CT molecular complexity index is 328. The van der Waals surface area contributed by atoms with Gasteiger partial charge in [-0.05, 0) is 18.6 Å². The van der Waals surface area contributed by atoms with Gasteiger partial charge in [-0.2, -0.15) is 0 Å². The molecule has 0 aliphatic rings. The predicted octanol–water partition coefficient (Wildman–Crippen LogP) is 3.44. The maximum absolute atomic E-state index is 9.40. The maximum Gasteiger partial charge on any atom is 0.141 e. The SMILES string of the molecule is CCCCCCC(CO)Nc1ccccc1OC. The minimum atomic E-state index is 0.109. The molecule has 102 valence electrons. The summed E-state index contributed by atoms with van der Waals surface area (Å²) in [5.74, 6) is 0.824. The van der Waals surface area contributed by atoms with Gasteiger partial charge in [0.15, 0.2) is 0 Å². The van der Waals surface area contributed by atoms with Crippen LogP contribution in [-0.4, -0.2) is 24.9 Å². The zero-order valence-corrected chi connectivity index (χ0v) is 11.5. The molecule has 18 heavy (non-hydrogen) atoms. The number of hydrogen-bond donors (Lipinski definition) is 2. The topological polar surface area (TPSA) is 41.5 Å². The van der Waals surface area contributed by atoms with Crippen LogP contribution in [0.15, 0.2) is 24.3 Å². The molecule has 2 N–H and O–H groups in total. The second-order valence-corrected chi connectivity index (χ2v) is 4.57. The van der Waals surface area contributed by atoms with Crippen LogP contribution in [-0.2, 0) is 0 Å². The van der Waals surface area contributed by atoms with E-state index in [2.05, 4.69) is 12.2 Å². The lowest BCUT2D eigenvalue weighted by molar-refractivity contribution is 0.266. The molecular formula is C15H25NO2. The molecule has 0 amide bonds. The molecule has 1 aromatic carbocycles. The molecule has 0 saturated carbocycles. The van der Waals surface area contributed by atoms with E-state index < -0.39 is 0 Å². The van der Waals surface area contributed by atoms with Crippen molar-refractivity contribution in [1.82, 2.24) is 0 Å². The van der Waals surface area contributed by atoms with Crippen molar-refractivity contribution >= 4 is 5.69 Å². The molecule has 0 aliphatic heterocycles. The summed E-state index contributed by atoms with van der Waals surface area (Å²) in [5, 5.41) is 12.8. The summed E-state index contributed by atoms with van der Waals surface area (Å²) in [6, 6.07) is 7.93. The van der Waals surface area contributed by atoms with Crippen molar-refractivity contribution in [2.75, 3.05) is 19.0 Å². The Hall–Kier alpha value is -1.22. The molecule has 0 radical (unpaired) electrons. The van der Waals surface area contributed by atoms with Crippen LogP contribution in [0.1, 0.15) is 39.0 Å². The van der Waals surface area contributed by atoms with Gasteiger partial charge in [0, 0.05) is 6.04 Å². The largest absolute Gasteiger partial charge is 0.495 e. The van der Waals surface area contributed by atoms with Crippen LogP contribution >= 0.6 is 0 Å². The molecule has 1 atom stereocenters. The Balaban J connectivity index is 2.46. The second-order valence-electron chi connectivity index (χ2n) is 4.57. The highest BCUT2D eigenvalue weighted by Gasteiger charge is 2.09. The number of aliphatic hydroxyl groups excluding tert-OH is 1. The average Bonchev–Trinajstić information content (AvgIpc) is 2.42. The van der Waals surface area contributed by atoms with Crippen LogP contribution in [0.2, 0.25) is 0 Å². The standard InChI is InChI=1S/C15H25NO2/c1-3-4-5-6-9-13(12-17)16-14-10-7-8-11-15(14)18-2/h7-8,10-11,13,16-17H,3-6,9,12H2,1-2H3. The summed E-state index contributed by atoms with van der Waals surface area (Å²) >= 11 is 0. The van der Waals surface area contributed by atoms with Gasteiger partial charge in [-0.25, -0.2) is 0 Å². The van der Waals surface area contributed by atoms with Crippen molar-refractivity contribution in [1.29, 1.82) is 0 Å². The molecule has 1 rings (SSSR count). The van der Waals surface area contributed by atoms with E-state index in [4.69, 9.17) is 4.74 Å². The molecule has 0 spiro atoms. The lowest BCUT2D eigenvalue weighted by atomic mass is 10.1. The fourth-order valence-electron chi connectivity index (χ4n) is 2.01. The molecule has 1 aromatic rings. The van der Waals surface area contributed by atoms with Gasteiger partial charge in [-0.15, -0.1) is 0 Å². The van der Waals surface area contributed by atoms with E-state index >= 15 is 0 Å². The second kappa shape index (κ2) is 8.81. The molecule has 0 bridgehead atoms. The summed E-state index contributed by atoms with van der Waals surface area (Å²) in [5.41, 5.74) is 0.953. The van der Waals surface area contributed by atoms with E-state index in [1.165, 1.54) is 19.3 Å². The number of para-hydroxylation sites is 2. The summed E-state index contributed by atoms with van der Waals surface area (Å²) in [6.07, 6.45) is 5.90. The summed E-state index contributed by atoms with van der Waals surface area (Å²) < 4.78 is 5.29. The number of nitrogens with one attached hydrogen (secondary N) is 1. The summed E-state index contributed by atoms with van der Waals surface area (Å²) in [4.78, 5) is 0. The van der Waals surface area contributed by atoms with Crippen molar-refractivity contribution in [3.05, 3.63) is 24.3 Å². The number of hydrogen-bond acceptors (Lipinski definition) is 3. The van der Waals surface area contributed by atoms with Gasteiger partial charge in [0.1, 0.15) is 5.75 Å². The van der Waals surface area contributed by atoms with Crippen molar-refractivity contribution < 1.29 is 9.84 Å². The number of ether oxygens (including phenoxy) is 1. The quantitative estimate of drug-likeness (QED) is 0.661. The van der Waals surface area contributed by atoms with Gasteiger partial charge in [0.25, 0.3) is 0 Å². The van der Waals surface area contributed by atoms with E-state index in [-0.39, 0.29) is 12.6 Å². The van der Waals surface area contributed by atoms with Gasteiger partial charge in [0.2, 0.25) is 0 Å². The van der Waals surface area contributed by atoms with Gasteiger partial charge < -0.3 is 15.2 Å². The Kier molecular flexibility index (Phi) is 7.26. The van der Waals surface area contributed by atoms with E-state index in [0.717, 1.165) is 24.3 Å². The Labute approximate surface area is 110 Å². The number of unbranched alkanes of at least 4 members (excludes halogenated alkanes) is 3. The highest BCUT2D eigenvalue weighted by molar-refractivity contribution is 5.56. The number of methoxy groups -OCH3 is 1. The molecule has 0 saturated heterocycles. The molecule has 0 fully saturated rings. The van der Waals surface area contributed by atoms with Crippen LogP contribution in [0.3, 0.4) is 0 Å². The third-order valence-corrected chi connectivity index (χ3v) is 3.09. The summed E-state index contributed by atoms with van der Waals surface area (Å²) in [7, 11) is 1.66. The first-order valence-electron chi connectivity index (χ1n) is 6.82. The van der Waals surface area contributed by atoms with Gasteiger partial charge in [-0.3, -0.25) is 0 Å². The van der Waals surface area contributed by atoms with Crippen LogP contribution < -0.4 is 10.1 Å². The van der Waals surface area contributed by atoms with Crippen LogP contribution in [0.4, 0.5) is 5.69 Å². The van der Waals surface area contributed by atoms with Crippen LogP contribution in [0.25, 0.3) is 0 Å². The monoisotopic (exact) mass is 251 g/mol. The molecule has 3 nitrogen and oxygen atoms in total. The third kappa shape index (κ3) is 4.96. The van der Waals surface area contributed by atoms with E-state index in [1.807, 2.05) is 24.3 Å². The zero-order valence-electron chi connectivity index (χ0n) is 11.5. The van der Waals surface area contributed by atoms with Crippen molar-refractivity contribution in [3.8, 4) is 5.75 Å². The van der Waals surface area contributed by atoms with E-state index in [9.17, 15) is 5.11 Å². The van der Waals surface area contributed by atoms with Crippen LogP contribution in [0, 0.1) is 0 Å². The smallest absolute Gasteiger partial charge is 0.141 e. The van der Waals surface area contributed by atoms with Gasteiger partial charge in [0.05, 0.1) is 19.4 Å². The van der Waals surface area contributed by atoms with E-state index in [1.54, 1.807) is 7.11 Å². The molecule has 0 heterocycles. The Morgan fingerprint density at radius 2 is 2.00 bits per heavy atom. The van der Waals surface area contributed by atoms with Crippen molar-refractivity contribution in [2.45, 2.75) is 45.1 Å². The predicted molar refractivity (Wildman–Crippen MR) is 76.2 cm³/mol. The normalized spacial score (nSPS) is 12.2. The highest BCUT2D eigenvalue weighted by Crippen LogP contribution is 2.24. The number of rotatable bonds is 9. The lowest BCUT2D eigenvalue weighted by Crippen LogP contribution is -2.23. The van der Waals surface area contributed by atoms with Crippen LogP contribution in [0.5, 0.6) is 5.75 Å². The Morgan fingerprint density at radius 3 is 2.67 bits per heavy atom. The zero-order chi connectivity index (χ0) is 13.2. The van der Waals surface area contributed by atoms with Crippen molar-refractivity contribution in [2.24, 2.45) is 0 Å². The number of anilines is 1. The third-order valence-electron chi connectivity index (χ3n) is 3.09. The molecule has 0 aromatic heterocycles. The Morgan fingerprint density at radius 1 is 1.22 bits per heavy atom. The molecular weight excluding hydrogens is 226 g/mol. The average molecular weight is 251 g/mol.